The van der Waals surface area contributed by atoms with Crippen LogP contribution in [0.5, 0.6) is 11.5 Å². The zero-order chi connectivity index (χ0) is 20.4. The third kappa shape index (κ3) is 4.21. The molecule has 0 aliphatic carbocycles. The summed E-state index contributed by atoms with van der Waals surface area (Å²) in [7, 11) is 3.38. The number of rotatable bonds is 6. The second-order valence-corrected chi connectivity index (χ2v) is 7.20. The number of hydrogen-bond acceptors (Lipinski definition) is 6. The summed E-state index contributed by atoms with van der Waals surface area (Å²) in [5.74, 6) is 2.01. The molecule has 1 aromatic heterocycles. The highest BCUT2D eigenvalue weighted by Crippen LogP contribution is 2.29. The number of nitrogens with zero attached hydrogens (tertiary/aromatic N) is 5. The van der Waals surface area contributed by atoms with Crippen molar-refractivity contribution in [3.05, 3.63) is 53.6 Å². The largest absolute Gasteiger partial charge is 0.497 e. The maximum Gasteiger partial charge on any atom is 0.246 e. The number of likely N-dealkylation sites (N-methyl/N-ethyl adjacent to an activating group) is 1. The summed E-state index contributed by atoms with van der Waals surface area (Å²) in [4.78, 5) is 15.6. The summed E-state index contributed by atoms with van der Waals surface area (Å²) >= 11 is 0. The number of methoxy groups -OCH3 is 1. The molecule has 0 unspecified atom stereocenters. The Balaban J connectivity index is 1.39. The number of benzene rings is 2. The Hall–Kier alpha value is -3.42. The monoisotopic (exact) mass is 393 g/mol. The van der Waals surface area contributed by atoms with E-state index in [1.165, 1.54) is 10.4 Å². The summed E-state index contributed by atoms with van der Waals surface area (Å²) in [6.07, 6.45) is 1.10. The number of amides is 1. The summed E-state index contributed by atoms with van der Waals surface area (Å²) < 4.78 is 10.9. The molecule has 8 nitrogen and oxygen atoms in total. The fourth-order valence-corrected chi connectivity index (χ4v) is 3.37. The average Bonchev–Trinajstić information content (AvgIpc) is 3.33. The Morgan fingerprint density at radius 3 is 3.00 bits per heavy atom. The van der Waals surface area contributed by atoms with Crippen LogP contribution in [0.15, 0.2) is 42.5 Å². The maximum absolute atomic E-state index is 12.6. The van der Waals surface area contributed by atoms with Crippen molar-refractivity contribution >= 4 is 5.91 Å². The third-order valence-electron chi connectivity index (χ3n) is 4.86. The molecule has 1 atom stereocenters. The van der Waals surface area contributed by atoms with Crippen LogP contribution in [0.2, 0.25) is 0 Å². The van der Waals surface area contributed by atoms with Crippen molar-refractivity contribution in [3.63, 3.8) is 0 Å². The van der Waals surface area contributed by atoms with E-state index in [2.05, 4.69) is 28.4 Å². The summed E-state index contributed by atoms with van der Waals surface area (Å²) in [6, 6.07) is 13.5. The molecule has 1 aliphatic rings. The van der Waals surface area contributed by atoms with E-state index in [-0.39, 0.29) is 18.6 Å². The molecule has 1 aliphatic heterocycles. The first-order valence-electron chi connectivity index (χ1n) is 9.46. The summed E-state index contributed by atoms with van der Waals surface area (Å²) in [5, 5.41) is 12.4. The van der Waals surface area contributed by atoms with Crippen molar-refractivity contribution < 1.29 is 14.3 Å². The first kappa shape index (κ1) is 18.9. The fraction of sp³-hybridized carbons (Fsp3) is 0.333. The minimum absolute atomic E-state index is 0.0263. The Bertz CT molecular complexity index is 1030. The predicted molar refractivity (Wildman–Crippen MR) is 107 cm³/mol. The van der Waals surface area contributed by atoms with Crippen LogP contribution in [-0.4, -0.2) is 51.3 Å². The van der Waals surface area contributed by atoms with Crippen LogP contribution in [0.1, 0.15) is 18.1 Å². The van der Waals surface area contributed by atoms with Crippen molar-refractivity contribution in [3.8, 4) is 22.9 Å². The van der Waals surface area contributed by atoms with E-state index >= 15 is 0 Å². The standard InChI is InChI=1S/C21H23N5O3/c1-14-9-17-10-15(7-8-19(17)29-14)12-25(2)20(27)13-26-23-21(22-24-26)16-5-4-6-18(11-16)28-3/h4-8,10-11,14H,9,12-13H2,1-3H3/t14-/m1/s1. The van der Waals surface area contributed by atoms with Crippen molar-refractivity contribution in [1.82, 2.24) is 25.1 Å². The van der Waals surface area contributed by atoms with Gasteiger partial charge in [-0.25, -0.2) is 0 Å². The Labute approximate surface area is 169 Å². The van der Waals surface area contributed by atoms with E-state index < -0.39 is 0 Å². The lowest BCUT2D eigenvalue weighted by molar-refractivity contribution is -0.131. The zero-order valence-electron chi connectivity index (χ0n) is 16.7. The Morgan fingerprint density at radius 2 is 2.17 bits per heavy atom. The summed E-state index contributed by atoms with van der Waals surface area (Å²) in [5.41, 5.74) is 3.05. The quantitative estimate of drug-likeness (QED) is 0.639. The van der Waals surface area contributed by atoms with Crippen LogP contribution in [0.25, 0.3) is 11.4 Å². The molecule has 2 heterocycles. The fourth-order valence-electron chi connectivity index (χ4n) is 3.37. The molecule has 150 valence electrons. The van der Waals surface area contributed by atoms with Gasteiger partial charge in [0.2, 0.25) is 11.7 Å². The van der Waals surface area contributed by atoms with Crippen LogP contribution in [-0.2, 0) is 24.3 Å². The van der Waals surface area contributed by atoms with Crippen molar-refractivity contribution in [1.29, 1.82) is 0 Å². The third-order valence-corrected chi connectivity index (χ3v) is 4.86. The maximum atomic E-state index is 12.6. The molecule has 29 heavy (non-hydrogen) atoms. The van der Waals surface area contributed by atoms with Gasteiger partial charge in [-0.15, -0.1) is 10.2 Å². The smallest absolute Gasteiger partial charge is 0.246 e. The molecule has 0 saturated carbocycles. The van der Waals surface area contributed by atoms with Gasteiger partial charge in [0, 0.05) is 25.6 Å². The Kier molecular flexibility index (Phi) is 5.16. The molecule has 2 aromatic carbocycles. The van der Waals surface area contributed by atoms with E-state index in [1.807, 2.05) is 36.4 Å². The molecular weight excluding hydrogens is 370 g/mol. The van der Waals surface area contributed by atoms with Crippen molar-refractivity contribution in [2.24, 2.45) is 0 Å². The lowest BCUT2D eigenvalue weighted by atomic mass is 10.1. The predicted octanol–water partition coefficient (Wildman–Crippen LogP) is 2.33. The zero-order valence-corrected chi connectivity index (χ0v) is 16.7. The lowest BCUT2D eigenvalue weighted by Gasteiger charge is -2.17. The highest BCUT2D eigenvalue weighted by Gasteiger charge is 2.20. The molecule has 0 bridgehead atoms. The van der Waals surface area contributed by atoms with Gasteiger partial charge in [0.15, 0.2) is 0 Å². The SMILES string of the molecule is COc1cccc(-c2nnn(CC(=O)N(C)Cc3ccc4c(c3)C[C@@H](C)O4)n2)c1. The molecule has 1 amide bonds. The molecule has 0 radical (unpaired) electrons. The van der Waals surface area contributed by atoms with Gasteiger partial charge in [0.25, 0.3) is 0 Å². The van der Waals surface area contributed by atoms with Gasteiger partial charge >= 0.3 is 0 Å². The number of fused-ring (bicyclic) bond motifs is 1. The molecule has 4 rings (SSSR count). The van der Waals surface area contributed by atoms with E-state index in [0.717, 1.165) is 23.3 Å². The van der Waals surface area contributed by atoms with E-state index in [9.17, 15) is 4.79 Å². The van der Waals surface area contributed by atoms with E-state index in [0.29, 0.717) is 18.1 Å². The van der Waals surface area contributed by atoms with Crippen LogP contribution >= 0.6 is 0 Å². The molecular formula is C21H23N5O3. The van der Waals surface area contributed by atoms with Crippen molar-refractivity contribution in [2.45, 2.75) is 32.5 Å². The van der Waals surface area contributed by atoms with Gasteiger partial charge in [0.05, 0.1) is 7.11 Å². The number of hydrogen-bond donors (Lipinski definition) is 0. The second-order valence-electron chi connectivity index (χ2n) is 7.20. The number of ether oxygens (including phenoxy) is 2. The van der Waals surface area contributed by atoms with Gasteiger partial charge in [-0.3, -0.25) is 4.79 Å². The van der Waals surface area contributed by atoms with E-state index in [1.54, 1.807) is 19.1 Å². The van der Waals surface area contributed by atoms with Gasteiger partial charge < -0.3 is 14.4 Å². The highest BCUT2D eigenvalue weighted by molar-refractivity contribution is 5.75. The van der Waals surface area contributed by atoms with Gasteiger partial charge in [0.1, 0.15) is 24.1 Å². The minimum Gasteiger partial charge on any atom is -0.497 e. The first-order valence-corrected chi connectivity index (χ1v) is 9.46. The Morgan fingerprint density at radius 1 is 1.31 bits per heavy atom. The molecule has 3 aromatic rings. The average molecular weight is 393 g/mol. The number of tetrazole rings is 1. The van der Waals surface area contributed by atoms with Crippen LogP contribution in [0.3, 0.4) is 0 Å². The van der Waals surface area contributed by atoms with Crippen LogP contribution < -0.4 is 9.47 Å². The van der Waals surface area contributed by atoms with Crippen LogP contribution in [0, 0.1) is 0 Å². The normalized spacial score (nSPS) is 14.9. The highest BCUT2D eigenvalue weighted by atomic mass is 16.5. The molecule has 8 heteroatoms. The van der Waals surface area contributed by atoms with Crippen molar-refractivity contribution in [2.75, 3.05) is 14.2 Å². The lowest BCUT2D eigenvalue weighted by Crippen LogP contribution is -2.30. The molecule has 0 saturated heterocycles. The second kappa shape index (κ2) is 7.90. The minimum atomic E-state index is -0.0929. The number of carbonyl (C=O) groups excluding carboxylic acids is 1. The topological polar surface area (TPSA) is 82.4 Å². The first-order chi connectivity index (χ1) is 14.0. The van der Waals surface area contributed by atoms with Crippen LogP contribution in [0.4, 0.5) is 0 Å². The van der Waals surface area contributed by atoms with Gasteiger partial charge in [-0.05, 0) is 41.5 Å². The molecule has 0 fully saturated rings. The van der Waals surface area contributed by atoms with Gasteiger partial charge in [-0.1, -0.05) is 24.3 Å². The van der Waals surface area contributed by atoms with Gasteiger partial charge in [-0.2, -0.15) is 4.80 Å². The molecule has 0 spiro atoms. The van der Waals surface area contributed by atoms with E-state index in [4.69, 9.17) is 9.47 Å². The summed E-state index contributed by atoms with van der Waals surface area (Å²) in [6.45, 7) is 2.59. The number of carbonyl (C=O) groups is 1. The molecule has 0 N–H and O–H groups in total. The number of aromatic nitrogens is 4.